The monoisotopic (exact) mass is 597 g/mol. The molecule has 0 aliphatic heterocycles. The predicted molar refractivity (Wildman–Crippen MR) is 165 cm³/mol. The molecule has 2 amide bonds. The van der Waals surface area contributed by atoms with Crippen LogP contribution >= 0.6 is 11.6 Å². The van der Waals surface area contributed by atoms with Crippen LogP contribution in [0.4, 0.5) is 5.69 Å². The Hall–Kier alpha value is -3.36. The molecule has 0 saturated carbocycles. The number of sulfonamides is 1. The Morgan fingerprint density at radius 1 is 0.902 bits per heavy atom. The second kappa shape index (κ2) is 13.5. The van der Waals surface area contributed by atoms with Crippen LogP contribution in [0.5, 0.6) is 0 Å². The van der Waals surface area contributed by atoms with E-state index in [1.807, 2.05) is 45.9 Å². The molecule has 0 bridgehead atoms. The van der Waals surface area contributed by atoms with Gasteiger partial charge in [0.25, 0.3) is 10.0 Å². The van der Waals surface area contributed by atoms with Gasteiger partial charge in [-0.1, -0.05) is 80.9 Å². The van der Waals surface area contributed by atoms with Gasteiger partial charge >= 0.3 is 0 Å². The molecule has 3 aromatic rings. The van der Waals surface area contributed by atoms with E-state index in [9.17, 15) is 18.0 Å². The van der Waals surface area contributed by atoms with Gasteiger partial charge in [0, 0.05) is 17.1 Å². The fraction of sp³-hybridized carbons (Fsp3) is 0.375. The molecule has 0 aromatic heterocycles. The minimum Gasteiger partial charge on any atom is -0.350 e. The van der Waals surface area contributed by atoms with Crippen molar-refractivity contribution in [3.8, 4) is 0 Å². The van der Waals surface area contributed by atoms with E-state index in [1.54, 1.807) is 48.5 Å². The normalized spacial score (nSPS) is 12.6. The first-order chi connectivity index (χ1) is 19.2. The van der Waals surface area contributed by atoms with Gasteiger partial charge in [0.15, 0.2) is 0 Å². The highest BCUT2D eigenvalue weighted by Gasteiger charge is 2.34. The summed E-state index contributed by atoms with van der Waals surface area (Å²) in [6.45, 7) is 11.1. The number of halogens is 1. The van der Waals surface area contributed by atoms with Crippen LogP contribution in [0.1, 0.15) is 65.0 Å². The number of hydrogen-bond donors (Lipinski definition) is 1. The number of amides is 2. The lowest BCUT2D eigenvalue weighted by atomic mass is 10.0. The maximum atomic E-state index is 14.2. The van der Waals surface area contributed by atoms with Crippen LogP contribution in [0, 0.1) is 0 Å². The Bertz CT molecular complexity index is 1440. The molecule has 0 radical (unpaired) electrons. The summed E-state index contributed by atoms with van der Waals surface area (Å²) in [6.07, 6.45) is 0.326. The van der Waals surface area contributed by atoms with Gasteiger partial charge in [-0.05, 0) is 74.6 Å². The third kappa shape index (κ3) is 8.33. The lowest BCUT2D eigenvalue weighted by Gasteiger charge is -2.35. The maximum Gasteiger partial charge on any atom is 0.264 e. The van der Waals surface area contributed by atoms with Crippen molar-refractivity contribution in [3.05, 3.63) is 95.0 Å². The summed E-state index contributed by atoms with van der Waals surface area (Å²) in [5.74, 6) is -0.588. The molecule has 0 heterocycles. The molecule has 0 aliphatic rings. The molecule has 41 heavy (non-hydrogen) atoms. The predicted octanol–water partition coefficient (Wildman–Crippen LogP) is 6.38. The van der Waals surface area contributed by atoms with Crippen molar-refractivity contribution in [2.45, 2.75) is 76.9 Å². The molecule has 0 saturated heterocycles. The van der Waals surface area contributed by atoms with E-state index in [-0.39, 0.29) is 23.3 Å². The van der Waals surface area contributed by atoms with E-state index in [2.05, 4.69) is 19.2 Å². The van der Waals surface area contributed by atoms with Crippen molar-refractivity contribution >= 4 is 39.1 Å². The van der Waals surface area contributed by atoms with Gasteiger partial charge in [-0.25, -0.2) is 8.42 Å². The Balaban J connectivity index is 2.08. The Morgan fingerprint density at radius 3 is 2.02 bits per heavy atom. The zero-order valence-electron chi connectivity index (χ0n) is 24.6. The van der Waals surface area contributed by atoms with E-state index >= 15 is 0 Å². The average Bonchev–Trinajstić information content (AvgIpc) is 2.92. The van der Waals surface area contributed by atoms with Gasteiger partial charge in [-0.15, -0.1) is 0 Å². The topological polar surface area (TPSA) is 86.8 Å². The van der Waals surface area contributed by atoms with Gasteiger partial charge in [0.1, 0.15) is 12.6 Å². The van der Waals surface area contributed by atoms with Gasteiger partial charge in [0.2, 0.25) is 11.8 Å². The van der Waals surface area contributed by atoms with Crippen molar-refractivity contribution < 1.29 is 18.0 Å². The minimum absolute atomic E-state index is 0.0418. The van der Waals surface area contributed by atoms with Crippen molar-refractivity contribution in [3.63, 3.8) is 0 Å². The van der Waals surface area contributed by atoms with Crippen LogP contribution in [0.25, 0.3) is 0 Å². The van der Waals surface area contributed by atoms with Gasteiger partial charge in [0.05, 0.1) is 10.6 Å². The molecule has 220 valence electrons. The molecule has 7 nitrogen and oxygen atoms in total. The van der Waals surface area contributed by atoms with E-state index in [1.165, 1.54) is 17.0 Å². The smallest absolute Gasteiger partial charge is 0.264 e. The molecule has 0 unspecified atom stereocenters. The zero-order valence-corrected chi connectivity index (χ0v) is 26.2. The lowest BCUT2D eigenvalue weighted by Crippen LogP contribution is -2.55. The van der Waals surface area contributed by atoms with Crippen LogP contribution < -0.4 is 9.62 Å². The molecule has 0 spiro atoms. The van der Waals surface area contributed by atoms with Gasteiger partial charge in [-0.3, -0.25) is 13.9 Å². The summed E-state index contributed by atoms with van der Waals surface area (Å²) < 4.78 is 29.0. The molecule has 1 N–H and O–H groups in total. The SMILES string of the molecule is CC[C@H](C(=O)NC(C)(C)C)N(Cc1ccccc1Cl)C(=O)CN(c1ccc(C(C)C)cc1)S(=O)(=O)c1ccccc1. The first-order valence-corrected chi connectivity index (χ1v) is 15.6. The number of carbonyl (C=O) groups is 2. The maximum absolute atomic E-state index is 14.2. The number of hydrogen-bond acceptors (Lipinski definition) is 4. The zero-order chi connectivity index (χ0) is 30.4. The van der Waals surface area contributed by atoms with Crippen molar-refractivity contribution in [1.29, 1.82) is 0 Å². The number of benzene rings is 3. The van der Waals surface area contributed by atoms with E-state index in [0.717, 1.165) is 9.87 Å². The first-order valence-electron chi connectivity index (χ1n) is 13.8. The molecule has 0 fully saturated rings. The number of anilines is 1. The average molecular weight is 598 g/mol. The molecule has 9 heteroatoms. The first kappa shape index (κ1) is 32.2. The second-order valence-corrected chi connectivity index (χ2v) is 13.6. The number of nitrogens with one attached hydrogen (secondary N) is 1. The fourth-order valence-electron chi connectivity index (χ4n) is 4.46. The number of rotatable bonds is 11. The molecule has 0 aliphatic carbocycles. The van der Waals surface area contributed by atoms with Crippen LogP contribution in [-0.4, -0.2) is 43.3 Å². The van der Waals surface area contributed by atoms with Crippen molar-refractivity contribution in [1.82, 2.24) is 10.2 Å². The standard InChI is InChI=1S/C32H40ClN3O4S/c1-7-29(31(38)34-32(4,5)6)35(21-25-13-11-12-16-28(25)33)30(37)22-36(26-19-17-24(18-20-26)23(2)3)41(39,40)27-14-9-8-10-15-27/h8-20,23,29H,7,21-22H2,1-6H3,(H,34,38)/t29-/m1/s1. The summed E-state index contributed by atoms with van der Waals surface area (Å²) >= 11 is 6.46. The molecular weight excluding hydrogens is 558 g/mol. The van der Waals surface area contributed by atoms with E-state index < -0.39 is 34.1 Å². The Kier molecular flexibility index (Phi) is 10.6. The largest absolute Gasteiger partial charge is 0.350 e. The molecule has 3 rings (SSSR count). The van der Waals surface area contributed by atoms with Crippen molar-refractivity contribution in [2.75, 3.05) is 10.8 Å². The highest BCUT2D eigenvalue weighted by atomic mass is 35.5. The van der Waals surface area contributed by atoms with Gasteiger partial charge < -0.3 is 10.2 Å². The summed E-state index contributed by atoms with van der Waals surface area (Å²) in [5, 5.41) is 3.42. The molecule has 1 atom stereocenters. The summed E-state index contributed by atoms with van der Waals surface area (Å²) in [7, 11) is -4.12. The van der Waals surface area contributed by atoms with Crippen molar-refractivity contribution in [2.24, 2.45) is 0 Å². The van der Waals surface area contributed by atoms with Gasteiger partial charge in [-0.2, -0.15) is 0 Å². The minimum atomic E-state index is -4.12. The third-order valence-electron chi connectivity index (χ3n) is 6.64. The van der Waals surface area contributed by atoms with Crippen LogP contribution in [-0.2, 0) is 26.2 Å². The van der Waals surface area contributed by atoms with Crippen LogP contribution in [0.2, 0.25) is 5.02 Å². The quantitative estimate of drug-likeness (QED) is 0.278. The molecular formula is C32H40ClN3O4S. The fourth-order valence-corrected chi connectivity index (χ4v) is 6.09. The second-order valence-electron chi connectivity index (χ2n) is 11.3. The summed E-state index contributed by atoms with van der Waals surface area (Å²) in [5.41, 5.74) is 1.53. The lowest BCUT2D eigenvalue weighted by molar-refractivity contribution is -0.141. The Morgan fingerprint density at radius 2 is 1.49 bits per heavy atom. The number of carbonyl (C=O) groups excluding carboxylic acids is 2. The highest BCUT2D eigenvalue weighted by molar-refractivity contribution is 7.92. The van der Waals surface area contributed by atoms with E-state index in [0.29, 0.717) is 22.7 Å². The number of nitrogens with zero attached hydrogens (tertiary/aromatic N) is 2. The van der Waals surface area contributed by atoms with Crippen LogP contribution in [0.15, 0.2) is 83.8 Å². The Labute approximate surface area is 249 Å². The highest BCUT2D eigenvalue weighted by Crippen LogP contribution is 2.27. The summed E-state index contributed by atoms with van der Waals surface area (Å²) in [4.78, 5) is 29.1. The molecule has 3 aromatic carbocycles. The van der Waals surface area contributed by atoms with E-state index in [4.69, 9.17) is 11.6 Å². The van der Waals surface area contributed by atoms with Crippen LogP contribution in [0.3, 0.4) is 0 Å². The summed E-state index contributed by atoms with van der Waals surface area (Å²) in [6, 6.07) is 21.4. The third-order valence-corrected chi connectivity index (χ3v) is 8.80.